The highest BCUT2D eigenvalue weighted by molar-refractivity contribution is 9.10. The summed E-state index contributed by atoms with van der Waals surface area (Å²) in [4.78, 5) is 12.7. The Labute approximate surface area is 126 Å². The molecule has 0 amide bonds. The van der Waals surface area contributed by atoms with E-state index in [2.05, 4.69) is 34.7 Å². The predicted octanol–water partition coefficient (Wildman–Crippen LogP) is 3.09. The fourth-order valence-corrected chi connectivity index (χ4v) is 2.37. The van der Waals surface area contributed by atoms with Gasteiger partial charge in [0, 0.05) is 12.6 Å². The molecule has 0 unspecified atom stereocenters. The van der Waals surface area contributed by atoms with Crippen LogP contribution in [-0.4, -0.2) is 43.2 Å². The summed E-state index contributed by atoms with van der Waals surface area (Å²) in [6.45, 7) is 7.23. The highest BCUT2D eigenvalue weighted by atomic mass is 79.9. The fourth-order valence-electron chi connectivity index (χ4n) is 1.78. The van der Waals surface area contributed by atoms with Crippen LogP contribution in [-0.2, 0) is 0 Å². The van der Waals surface area contributed by atoms with Crippen LogP contribution >= 0.6 is 15.9 Å². The standard InChI is InChI=1S/C13H19BrN2O4/c1-4-15(5-2)8-9-20-13-11(19-3)7-6-10(12(13)14)16(17)18/h6-7H,4-5,8-9H2,1-3H3. The molecule has 1 rings (SSSR count). The molecule has 0 aliphatic carbocycles. The zero-order valence-corrected chi connectivity index (χ0v) is 13.5. The molecule has 0 radical (unpaired) electrons. The zero-order valence-electron chi connectivity index (χ0n) is 11.9. The van der Waals surface area contributed by atoms with Gasteiger partial charge in [0.15, 0.2) is 11.5 Å². The average Bonchev–Trinajstić information content (AvgIpc) is 2.44. The van der Waals surface area contributed by atoms with E-state index in [-0.39, 0.29) is 5.69 Å². The number of nitrogens with zero attached hydrogens (tertiary/aromatic N) is 2. The third-order valence-electron chi connectivity index (χ3n) is 3.01. The summed E-state index contributed by atoms with van der Waals surface area (Å²) < 4.78 is 11.2. The van der Waals surface area contributed by atoms with Crippen molar-refractivity contribution in [1.29, 1.82) is 0 Å². The average molecular weight is 347 g/mol. The number of nitro groups is 1. The molecule has 20 heavy (non-hydrogen) atoms. The molecule has 0 saturated heterocycles. The number of ether oxygens (including phenoxy) is 2. The van der Waals surface area contributed by atoms with Crippen LogP contribution in [0, 0.1) is 10.1 Å². The van der Waals surface area contributed by atoms with E-state index in [4.69, 9.17) is 9.47 Å². The van der Waals surface area contributed by atoms with E-state index in [9.17, 15) is 10.1 Å². The molecule has 6 nitrogen and oxygen atoms in total. The Bertz CT molecular complexity index is 464. The lowest BCUT2D eigenvalue weighted by Crippen LogP contribution is -2.28. The molecule has 0 aliphatic heterocycles. The van der Waals surface area contributed by atoms with Crippen LogP contribution in [0.15, 0.2) is 16.6 Å². The lowest BCUT2D eigenvalue weighted by molar-refractivity contribution is -0.385. The third-order valence-corrected chi connectivity index (χ3v) is 3.77. The smallest absolute Gasteiger partial charge is 0.287 e. The van der Waals surface area contributed by atoms with Crippen LogP contribution in [0.25, 0.3) is 0 Å². The minimum absolute atomic E-state index is 0.0383. The summed E-state index contributed by atoms with van der Waals surface area (Å²) in [5.41, 5.74) is -0.0383. The molecule has 112 valence electrons. The van der Waals surface area contributed by atoms with Crippen LogP contribution < -0.4 is 9.47 Å². The second kappa shape index (κ2) is 8.06. The second-order valence-corrected chi connectivity index (χ2v) is 4.86. The van der Waals surface area contributed by atoms with Crippen molar-refractivity contribution in [3.63, 3.8) is 0 Å². The van der Waals surface area contributed by atoms with Crippen LogP contribution in [0.4, 0.5) is 5.69 Å². The number of halogens is 1. The summed E-state index contributed by atoms with van der Waals surface area (Å²) >= 11 is 3.21. The molecule has 0 N–H and O–H groups in total. The van der Waals surface area contributed by atoms with Crippen molar-refractivity contribution in [1.82, 2.24) is 4.90 Å². The van der Waals surface area contributed by atoms with E-state index in [0.717, 1.165) is 19.6 Å². The van der Waals surface area contributed by atoms with E-state index < -0.39 is 4.92 Å². The van der Waals surface area contributed by atoms with Gasteiger partial charge in [-0.15, -0.1) is 0 Å². The summed E-state index contributed by atoms with van der Waals surface area (Å²) in [6.07, 6.45) is 0. The minimum Gasteiger partial charge on any atom is -0.493 e. The third kappa shape index (κ3) is 4.08. The molecule has 1 aromatic rings. The lowest BCUT2D eigenvalue weighted by Gasteiger charge is -2.19. The van der Waals surface area contributed by atoms with Gasteiger partial charge in [-0.3, -0.25) is 10.1 Å². The summed E-state index contributed by atoms with van der Waals surface area (Å²) in [5, 5.41) is 10.9. The normalized spacial score (nSPS) is 10.7. The monoisotopic (exact) mass is 346 g/mol. The molecule has 0 bridgehead atoms. The van der Waals surface area contributed by atoms with E-state index in [1.54, 1.807) is 0 Å². The van der Waals surface area contributed by atoms with Crippen molar-refractivity contribution < 1.29 is 14.4 Å². The lowest BCUT2D eigenvalue weighted by atomic mass is 10.3. The topological polar surface area (TPSA) is 64.8 Å². The minimum atomic E-state index is -0.458. The van der Waals surface area contributed by atoms with Crippen molar-refractivity contribution >= 4 is 21.6 Å². The molecule has 0 aliphatic rings. The van der Waals surface area contributed by atoms with Crippen molar-refractivity contribution in [2.45, 2.75) is 13.8 Å². The van der Waals surface area contributed by atoms with Gasteiger partial charge in [-0.25, -0.2) is 0 Å². The molecular formula is C13H19BrN2O4. The van der Waals surface area contributed by atoms with Crippen LogP contribution in [0.3, 0.4) is 0 Å². The number of nitro benzene ring substituents is 1. The summed E-state index contributed by atoms with van der Waals surface area (Å²) in [5.74, 6) is 0.843. The molecule has 1 aromatic carbocycles. The number of hydrogen-bond acceptors (Lipinski definition) is 5. The largest absolute Gasteiger partial charge is 0.493 e. The van der Waals surface area contributed by atoms with Crippen molar-refractivity contribution in [3.05, 3.63) is 26.7 Å². The van der Waals surface area contributed by atoms with E-state index in [1.165, 1.54) is 19.2 Å². The molecule has 7 heteroatoms. The van der Waals surface area contributed by atoms with Gasteiger partial charge in [-0.05, 0) is 35.1 Å². The second-order valence-electron chi connectivity index (χ2n) is 4.06. The fraction of sp³-hybridized carbons (Fsp3) is 0.538. The maximum Gasteiger partial charge on any atom is 0.287 e. The van der Waals surface area contributed by atoms with Gasteiger partial charge < -0.3 is 14.4 Å². The molecule has 0 fully saturated rings. The quantitative estimate of drug-likeness (QED) is 0.534. The number of likely N-dealkylation sites (N-methyl/N-ethyl adjacent to an activating group) is 1. The van der Waals surface area contributed by atoms with Crippen LogP contribution in [0.1, 0.15) is 13.8 Å². The van der Waals surface area contributed by atoms with Crippen molar-refractivity contribution in [2.24, 2.45) is 0 Å². The predicted molar refractivity (Wildman–Crippen MR) is 80.6 cm³/mol. The molecule has 0 saturated carbocycles. The first-order valence-electron chi connectivity index (χ1n) is 6.41. The Balaban J connectivity index is 2.86. The first kappa shape index (κ1) is 16.7. The van der Waals surface area contributed by atoms with Crippen molar-refractivity contribution in [3.8, 4) is 11.5 Å². The van der Waals surface area contributed by atoms with Gasteiger partial charge >= 0.3 is 0 Å². The van der Waals surface area contributed by atoms with Gasteiger partial charge in [-0.2, -0.15) is 0 Å². The van der Waals surface area contributed by atoms with E-state index in [1.807, 2.05) is 0 Å². The maximum atomic E-state index is 10.9. The first-order valence-corrected chi connectivity index (χ1v) is 7.20. The Kier molecular flexibility index (Phi) is 6.74. The summed E-state index contributed by atoms with van der Waals surface area (Å²) in [7, 11) is 1.50. The highest BCUT2D eigenvalue weighted by Gasteiger charge is 2.20. The number of methoxy groups -OCH3 is 1. The zero-order chi connectivity index (χ0) is 15.1. The Morgan fingerprint density at radius 1 is 1.35 bits per heavy atom. The van der Waals surface area contributed by atoms with Crippen LogP contribution in [0.2, 0.25) is 0 Å². The molecule has 0 atom stereocenters. The van der Waals surface area contributed by atoms with E-state index in [0.29, 0.717) is 22.6 Å². The number of benzene rings is 1. The van der Waals surface area contributed by atoms with E-state index >= 15 is 0 Å². The van der Waals surface area contributed by atoms with Gasteiger partial charge in [0.1, 0.15) is 11.1 Å². The van der Waals surface area contributed by atoms with Gasteiger partial charge in [-0.1, -0.05) is 13.8 Å². The number of hydrogen-bond donors (Lipinski definition) is 0. The summed E-state index contributed by atoms with van der Waals surface area (Å²) in [6, 6.07) is 2.93. The van der Waals surface area contributed by atoms with Crippen LogP contribution in [0.5, 0.6) is 11.5 Å². The van der Waals surface area contributed by atoms with Crippen molar-refractivity contribution in [2.75, 3.05) is 33.4 Å². The Hall–Kier alpha value is -1.34. The highest BCUT2D eigenvalue weighted by Crippen LogP contribution is 2.41. The van der Waals surface area contributed by atoms with Gasteiger partial charge in [0.25, 0.3) is 5.69 Å². The maximum absolute atomic E-state index is 10.9. The van der Waals surface area contributed by atoms with Gasteiger partial charge in [0.2, 0.25) is 0 Å². The molecule has 0 aromatic heterocycles. The molecule has 0 heterocycles. The molecule has 0 spiro atoms. The number of rotatable bonds is 8. The Morgan fingerprint density at radius 2 is 2.00 bits per heavy atom. The SMILES string of the molecule is CCN(CC)CCOc1c(OC)ccc([N+](=O)[O-])c1Br. The molecular weight excluding hydrogens is 328 g/mol. The Morgan fingerprint density at radius 3 is 2.50 bits per heavy atom. The first-order chi connectivity index (χ1) is 9.54. The van der Waals surface area contributed by atoms with Gasteiger partial charge in [0.05, 0.1) is 12.0 Å².